The molecule has 0 saturated carbocycles. The maximum atomic E-state index is 12.8. The van der Waals surface area contributed by atoms with Gasteiger partial charge in [0.15, 0.2) is 0 Å². The number of fused-ring (bicyclic) bond motifs is 3. The van der Waals surface area contributed by atoms with Gasteiger partial charge in [0.05, 0.1) is 0 Å². The number of carboxylic acid groups (broad SMARTS) is 1. The lowest BCUT2D eigenvalue weighted by Gasteiger charge is -2.22. The first-order valence-electron chi connectivity index (χ1n) is 12.1. The molecule has 0 unspecified atom stereocenters. The number of nitrogens with one attached hydrogen (secondary N) is 2. The number of amides is 2. The molecular formula is C27H34N2O5. The van der Waals surface area contributed by atoms with Crippen molar-refractivity contribution in [3.8, 4) is 11.1 Å². The van der Waals surface area contributed by atoms with E-state index in [-0.39, 0.29) is 12.5 Å². The Kier molecular flexibility index (Phi) is 9.08. The molecule has 0 heterocycles. The zero-order valence-electron chi connectivity index (χ0n) is 19.9. The Bertz CT molecular complexity index is 961. The number of aliphatic carboxylic acids is 1. The molecule has 0 saturated heterocycles. The van der Waals surface area contributed by atoms with Crippen LogP contribution in [0, 0.1) is 0 Å². The number of carbonyl (C=O) groups is 3. The number of ether oxygens (including phenoxy) is 1. The molecule has 182 valence electrons. The molecule has 0 fully saturated rings. The number of carboxylic acids is 1. The van der Waals surface area contributed by atoms with E-state index in [0.29, 0.717) is 25.7 Å². The Morgan fingerprint density at radius 3 is 1.91 bits per heavy atom. The van der Waals surface area contributed by atoms with Gasteiger partial charge >= 0.3 is 12.1 Å². The first kappa shape index (κ1) is 25.3. The third kappa shape index (κ3) is 6.16. The Labute approximate surface area is 200 Å². The molecule has 0 bridgehead atoms. The second-order valence-electron chi connectivity index (χ2n) is 8.71. The Hall–Kier alpha value is -3.35. The number of hydrogen-bond donors (Lipinski definition) is 3. The van der Waals surface area contributed by atoms with Crippen molar-refractivity contribution >= 4 is 18.0 Å². The predicted molar refractivity (Wildman–Crippen MR) is 131 cm³/mol. The summed E-state index contributed by atoms with van der Waals surface area (Å²) in [5.74, 6) is -1.64. The third-order valence-corrected chi connectivity index (χ3v) is 6.26. The van der Waals surface area contributed by atoms with Gasteiger partial charge in [-0.05, 0) is 35.1 Å². The summed E-state index contributed by atoms with van der Waals surface area (Å²) >= 11 is 0. The van der Waals surface area contributed by atoms with Crippen LogP contribution in [-0.2, 0) is 14.3 Å². The maximum absolute atomic E-state index is 12.8. The number of alkyl carbamates (subject to hydrolysis) is 1. The van der Waals surface area contributed by atoms with Crippen LogP contribution < -0.4 is 10.6 Å². The highest BCUT2D eigenvalue weighted by Crippen LogP contribution is 2.44. The summed E-state index contributed by atoms with van der Waals surface area (Å²) in [6, 6.07) is 14.3. The van der Waals surface area contributed by atoms with Crippen LogP contribution in [0.1, 0.15) is 69.4 Å². The van der Waals surface area contributed by atoms with Crippen molar-refractivity contribution in [3.05, 3.63) is 59.7 Å². The topological polar surface area (TPSA) is 105 Å². The lowest BCUT2D eigenvalue weighted by atomic mass is 9.98. The fraction of sp³-hybridized carbons (Fsp3) is 0.444. The van der Waals surface area contributed by atoms with Crippen molar-refractivity contribution in [1.29, 1.82) is 0 Å². The third-order valence-electron chi connectivity index (χ3n) is 6.26. The van der Waals surface area contributed by atoms with Crippen LogP contribution in [0.25, 0.3) is 11.1 Å². The van der Waals surface area contributed by atoms with Crippen molar-refractivity contribution < 1.29 is 24.2 Å². The zero-order valence-corrected chi connectivity index (χ0v) is 19.9. The SMILES string of the molecule is CCCC[C@H](NC(=O)[C@H](CCCC)NC(=O)OCC1c2ccccc2-c2ccccc21)C(=O)O. The quantitative estimate of drug-likeness (QED) is 0.415. The molecule has 0 aliphatic heterocycles. The molecule has 2 aromatic carbocycles. The number of benzene rings is 2. The summed E-state index contributed by atoms with van der Waals surface area (Å²) in [6.45, 7) is 4.10. The minimum absolute atomic E-state index is 0.0773. The van der Waals surface area contributed by atoms with Crippen molar-refractivity contribution in [2.45, 2.75) is 70.4 Å². The standard InChI is InChI=1S/C27H34N2O5/c1-3-5-15-23(25(30)28-24(26(31)32)16-6-4-2)29-27(33)34-17-22-20-13-9-7-11-18(20)19-12-8-10-14-21(19)22/h7-14,22-24H,3-6,15-17H2,1-2H3,(H,28,30)(H,29,33)(H,31,32)/t23-,24-/m0/s1. The van der Waals surface area contributed by atoms with E-state index in [0.717, 1.165) is 35.1 Å². The van der Waals surface area contributed by atoms with Crippen molar-refractivity contribution in [2.75, 3.05) is 6.61 Å². The van der Waals surface area contributed by atoms with E-state index in [1.165, 1.54) is 0 Å². The normalized spacial score (nSPS) is 13.9. The van der Waals surface area contributed by atoms with E-state index in [1.54, 1.807) is 0 Å². The van der Waals surface area contributed by atoms with Crippen molar-refractivity contribution in [3.63, 3.8) is 0 Å². The molecule has 3 rings (SSSR count). The van der Waals surface area contributed by atoms with Crippen LogP contribution in [-0.4, -0.2) is 41.8 Å². The maximum Gasteiger partial charge on any atom is 0.407 e. The number of unbranched alkanes of at least 4 members (excludes halogenated alkanes) is 2. The van der Waals surface area contributed by atoms with Crippen LogP contribution in [0.4, 0.5) is 4.79 Å². The van der Waals surface area contributed by atoms with Gasteiger partial charge < -0.3 is 20.5 Å². The van der Waals surface area contributed by atoms with E-state index >= 15 is 0 Å². The zero-order chi connectivity index (χ0) is 24.5. The number of hydrogen-bond acceptors (Lipinski definition) is 4. The molecule has 7 heteroatoms. The molecular weight excluding hydrogens is 432 g/mol. The summed E-state index contributed by atoms with van der Waals surface area (Å²) in [5, 5.41) is 14.7. The number of carbonyl (C=O) groups excluding carboxylic acids is 2. The Morgan fingerprint density at radius 2 is 1.38 bits per heavy atom. The summed E-state index contributed by atoms with van der Waals surface area (Å²) in [5.41, 5.74) is 4.49. The van der Waals surface area contributed by atoms with Gasteiger partial charge in [-0.15, -0.1) is 0 Å². The van der Waals surface area contributed by atoms with Gasteiger partial charge in [0.1, 0.15) is 18.7 Å². The van der Waals surface area contributed by atoms with Crippen molar-refractivity contribution in [1.82, 2.24) is 10.6 Å². The predicted octanol–water partition coefficient (Wildman–Crippen LogP) is 4.84. The summed E-state index contributed by atoms with van der Waals surface area (Å²) in [7, 11) is 0. The fourth-order valence-electron chi connectivity index (χ4n) is 4.40. The highest BCUT2D eigenvalue weighted by Gasteiger charge is 2.30. The molecule has 1 aliphatic carbocycles. The molecule has 3 N–H and O–H groups in total. The van der Waals surface area contributed by atoms with Gasteiger partial charge in [0, 0.05) is 5.92 Å². The summed E-state index contributed by atoms with van der Waals surface area (Å²) < 4.78 is 5.57. The summed E-state index contributed by atoms with van der Waals surface area (Å²) in [6.07, 6.45) is 3.16. The number of rotatable bonds is 12. The molecule has 2 aromatic rings. The average Bonchev–Trinajstić information content (AvgIpc) is 3.16. The van der Waals surface area contributed by atoms with Crippen molar-refractivity contribution in [2.24, 2.45) is 0 Å². The molecule has 1 aliphatic rings. The van der Waals surface area contributed by atoms with Crippen LogP contribution in [0.5, 0.6) is 0 Å². The minimum Gasteiger partial charge on any atom is -0.480 e. The van der Waals surface area contributed by atoms with E-state index in [9.17, 15) is 19.5 Å². The Morgan fingerprint density at radius 1 is 0.853 bits per heavy atom. The first-order valence-corrected chi connectivity index (χ1v) is 12.1. The second-order valence-corrected chi connectivity index (χ2v) is 8.71. The largest absolute Gasteiger partial charge is 0.480 e. The van der Waals surface area contributed by atoms with Crippen LogP contribution in [0.3, 0.4) is 0 Å². The van der Waals surface area contributed by atoms with Gasteiger partial charge in [-0.3, -0.25) is 4.79 Å². The van der Waals surface area contributed by atoms with Crippen LogP contribution >= 0.6 is 0 Å². The molecule has 2 atom stereocenters. The smallest absolute Gasteiger partial charge is 0.407 e. The highest BCUT2D eigenvalue weighted by molar-refractivity contribution is 5.89. The lowest BCUT2D eigenvalue weighted by molar-refractivity contribution is -0.142. The van der Waals surface area contributed by atoms with Crippen LogP contribution in [0.15, 0.2) is 48.5 Å². The lowest BCUT2D eigenvalue weighted by Crippen LogP contribution is -2.51. The van der Waals surface area contributed by atoms with E-state index in [1.807, 2.05) is 50.2 Å². The molecule has 0 spiro atoms. The monoisotopic (exact) mass is 466 g/mol. The Balaban J connectivity index is 1.64. The highest BCUT2D eigenvalue weighted by atomic mass is 16.5. The van der Waals surface area contributed by atoms with E-state index in [4.69, 9.17) is 4.74 Å². The van der Waals surface area contributed by atoms with E-state index in [2.05, 4.69) is 22.8 Å². The minimum atomic E-state index is -1.07. The molecule has 7 nitrogen and oxygen atoms in total. The van der Waals surface area contributed by atoms with Gasteiger partial charge in [0.25, 0.3) is 0 Å². The van der Waals surface area contributed by atoms with Crippen LogP contribution in [0.2, 0.25) is 0 Å². The first-order chi connectivity index (χ1) is 16.5. The van der Waals surface area contributed by atoms with E-state index < -0.39 is 30.1 Å². The average molecular weight is 467 g/mol. The van der Waals surface area contributed by atoms with Gasteiger partial charge in [-0.25, -0.2) is 9.59 Å². The second kappa shape index (κ2) is 12.2. The molecule has 34 heavy (non-hydrogen) atoms. The van der Waals surface area contributed by atoms with Gasteiger partial charge in [0.2, 0.25) is 5.91 Å². The molecule has 2 amide bonds. The fourth-order valence-corrected chi connectivity index (χ4v) is 4.40. The van der Waals surface area contributed by atoms with Gasteiger partial charge in [-0.2, -0.15) is 0 Å². The molecule has 0 radical (unpaired) electrons. The summed E-state index contributed by atoms with van der Waals surface area (Å²) in [4.78, 5) is 37.0. The van der Waals surface area contributed by atoms with Gasteiger partial charge in [-0.1, -0.05) is 88.1 Å². The molecule has 0 aromatic heterocycles.